The van der Waals surface area contributed by atoms with Crippen molar-refractivity contribution in [3.63, 3.8) is 0 Å². The Morgan fingerprint density at radius 2 is 1.61 bits per heavy atom. The summed E-state index contributed by atoms with van der Waals surface area (Å²) in [6, 6.07) is 14.3. The van der Waals surface area contributed by atoms with Crippen LogP contribution in [0.1, 0.15) is 133 Å². The number of aliphatic hydroxyl groups is 5. The van der Waals surface area contributed by atoms with E-state index in [1.54, 1.807) is 53.7 Å². The van der Waals surface area contributed by atoms with E-state index in [2.05, 4.69) is 20.5 Å². The molecule has 3 fully saturated rings. The van der Waals surface area contributed by atoms with Crippen LogP contribution in [0.4, 0.5) is 11.4 Å². The zero-order chi connectivity index (χ0) is 58.1. The molecule has 8 N–H and O–H groups in total. The van der Waals surface area contributed by atoms with Crippen molar-refractivity contribution in [3.8, 4) is 11.3 Å². The Labute approximate surface area is 468 Å². The Hall–Kier alpha value is -4.16. The quantitative estimate of drug-likeness (QED) is 0.0444. The molecular formula is C59H95N7O13. The molecule has 1 amide bonds. The standard InChI is InChI=1S/C59H95N7O13/c1-14-47-59(10,73)52(69)39(6)64(11)32-35(2)30-57(8,72)54(37(4)51(38(5)55(71)77-47)78-49-31-58(9,74-13)53(70)40(7)76-49)79-56-50(68)46(29-36(3)75-56)65(12)33-41-24-26-42(27-25-41)45-34-66(63-62-45)28-20-16-15-17-23-48(67)61-44-22-19-18-21-43(44)60/h18-19,21-22,24-27,34-40,46-47,49-54,56,68-70,72-73H,14-17,20,23,28-33,60H2,1-13H3,(H,61,67)/t35-,36-,37+,38-,39-,40+,46+,47-,49+,50-,51+,52-,53+,54-,56+,57-,58-,59-/m1/s1. The van der Waals surface area contributed by atoms with E-state index in [9.17, 15) is 35.1 Å². The smallest absolute Gasteiger partial charge is 0.311 e. The largest absolute Gasteiger partial charge is 0.459 e. The van der Waals surface area contributed by atoms with Crippen molar-refractivity contribution in [2.75, 3.05) is 38.8 Å². The Morgan fingerprint density at radius 1 is 0.924 bits per heavy atom. The Bertz CT molecular complexity index is 2390. The third-order valence-corrected chi connectivity index (χ3v) is 17.1. The molecule has 1 aromatic heterocycles. The highest BCUT2D eigenvalue weighted by atomic mass is 16.7. The monoisotopic (exact) mass is 1110 g/mol. The number of esters is 1. The first kappa shape index (κ1) is 64.0. The minimum Gasteiger partial charge on any atom is -0.459 e. The molecule has 79 heavy (non-hydrogen) atoms. The first-order valence-corrected chi connectivity index (χ1v) is 28.6. The predicted molar refractivity (Wildman–Crippen MR) is 300 cm³/mol. The highest BCUT2D eigenvalue weighted by Crippen LogP contribution is 2.40. The van der Waals surface area contributed by atoms with E-state index in [0.29, 0.717) is 43.9 Å². The number of likely N-dealkylation sites (N-methyl/N-ethyl adjacent to an activating group) is 2. The van der Waals surface area contributed by atoms with Gasteiger partial charge in [0.25, 0.3) is 0 Å². The molecule has 3 aromatic rings. The van der Waals surface area contributed by atoms with Crippen molar-refractivity contribution in [1.82, 2.24) is 24.8 Å². The van der Waals surface area contributed by atoms with Crippen LogP contribution in [0.3, 0.4) is 0 Å². The fourth-order valence-electron chi connectivity index (χ4n) is 12.1. The number of methoxy groups -OCH3 is 1. The number of nitrogens with zero attached hydrogens (tertiary/aromatic N) is 5. The summed E-state index contributed by atoms with van der Waals surface area (Å²) in [7, 11) is 5.30. The van der Waals surface area contributed by atoms with Crippen LogP contribution in [-0.2, 0) is 51.1 Å². The average molecular weight is 1110 g/mol. The zero-order valence-electron chi connectivity index (χ0n) is 49.2. The van der Waals surface area contributed by atoms with Crippen LogP contribution in [0.5, 0.6) is 0 Å². The first-order valence-electron chi connectivity index (χ1n) is 28.6. The van der Waals surface area contributed by atoms with E-state index >= 15 is 0 Å². The lowest BCUT2D eigenvalue weighted by atomic mass is 9.77. The van der Waals surface area contributed by atoms with E-state index in [-0.39, 0.29) is 37.2 Å². The van der Waals surface area contributed by atoms with Crippen molar-refractivity contribution < 1.29 is 63.5 Å². The van der Waals surface area contributed by atoms with Crippen LogP contribution in [0.25, 0.3) is 11.3 Å². The summed E-state index contributed by atoms with van der Waals surface area (Å²) in [5.41, 5.74) is 5.26. The summed E-state index contributed by atoms with van der Waals surface area (Å²) in [5, 5.41) is 71.6. The minimum absolute atomic E-state index is 0.0459. The van der Waals surface area contributed by atoms with Crippen molar-refractivity contribution in [1.29, 1.82) is 0 Å². The SMILES string of the molecule is CC[C@H]1OC(=O)[C@H](C)[C@@H](O[C@H]2C[C@@](C)(OC)[C@@H](O)[C@H](C)O2)[C@H](C)[C@@H](O[C@@H]2O[C@H](C)C[C@H](N(C)Cc3ccc(-c4cn(CCCCCCC(=O)Nc5ccccc5N)nn4)cc3)[C@H]2O)[C@](C)(O)C[C@@H](C)CN(C)[C@H](C)[C@@H](O)[C@]1(C)O. The number of cyclic esters (lactones) is 1. The topological polar surface area (TPSA) is 266 Å². The normalized spacial score (nSPS) is 36.5. The van der Waals surface area contributed by atoms with Gasteiger partial charge in [-0.05, 0) is 118 Å². The second-order valence-corrected chi connectivity index (χ2v) is 24.0. The maximum atomic E-state index is 14.5. The molecule has 3 saturated heterocycles. The number of amides is 1. The van der Waals surface area contributed by atoms with Gasteiger partial charge in [0.2, 0.25) is 5.91 Å². The number of para-hydroxylation sites is 2. The van der Waals surface area contributed by atoms with E-state index in [4.69, 9.17) is 34.2 Å². The number of carbonyl (C=O) groups excluding carboxylic acids is 2. The molecule has 3 aliphatic heterocycles. The highest BCUT2D eigenvalue weighted by molar-refractivity contribution is 5.93. The number of nitrogens with two attached hydrogens (primary N) is 1. The molecule has 444 valence electrons. The van der Waals surface area contributed by atoms with Crippen molar-refractivity contribution in [2.45, 2.75) is 230 Å². The van der Waals surface area contributed by atoms with E-state index < -0.39 is 102 Å². The molecule has 18 atom stereocenters. The van der Waals surface area contributed by atoms with Gasteiger partial charge >= 0.3 is 5.97 Å². The van der Waals surface area contributed by atoms with E-state index in [0.717, 1.165) is 42.5 Å². The molecule has 20 heteroatoms. The van der Waals surface area contributed by atoms with Gasteiger partial charge in [-0.25, -0.2) is 0 Å². The second kappa shape index (κ2) is 27.7. The number of aliphatic hydroxyl groups excluding tert-OH is 3. The van der Waals surface area contributed by atoms with E-state index in [1.807, 2.05) is 87.0 Å². The number of hydrogen-bond donors (Lipinski definition) is 7. The number of carbonyl (C=O) groups is 2. The number of anilines is 2. The maximum absolute atomic E-state index is 14.5. The van der Waals surface area contributed by atoms with Gasteiger partial charge in [-0.15, -0.1) is 5.10 Å². The number of rotatable bonds is 18. The third-order valence-electron chi connectivity index (χ3n) is 17.1. The average Bonchev–Trinajstić information content (AvgIpc) is 3.88. The van der Waals surface area contributed by atoms with Crippen LogP contribution in [-0.4, -0.2) is 180 Å². The number of hydrogen-bond acceptors (Lipinski definition) is 18. The Morgan fingerprint density at radius 3 is 2.28 bits per heavy atom. The lowest BCUT2D eigenvalue weighted by Gasteiger charge is -2.49. The molecule has 3 aliphatic rings. The fraction of sp³-hybridized carbons (Fsp3) is 0.729. The number of benzene rings is 2. The van der Waals surface area contributed by atoms with Crippen LogP contribution < -0.4 is 11.1 Å². The molecule has 0 bridgehead atoms. The molecule has 0 radical (unpaired) electrons. The van der Waals surface area contributed by atoms with Crippen LogP contribution >= 0.6 is 0 Å². The number of nitrogen functional groups attached to an aromatic ring is 1. The Kier molecular flexibility index (Phi) is 22.5. The van der Waals surface area contributed by atoms with E-state index in [1.165, 1.54) is 14.0 Å². The second-order valence-electron chi connectivity index (χ2n) is 24.0. The molecule has 0 aliphatic carbocycles. The number of unbranched alkanes of at least 4 members (excludes halogenated alkanes) is 3. The number of aromatic nitrogens is 3. The van der Waals surface area contributed by atoms with Gasteiger partial charge in [0.15, 0.2) is 12.6 Å². The van der Waals surface area contributed by atoms with Gasteiger partial charge in [0.05, 0.1) is 59.1 Å². The van der Waals surface area contributed by atoms with Crippen LogP contribution in [0, 0.1) is 17.8 Å². The third kappa shape index (κ3) is 16.1. The van der Waals surface area contributed by atoms with Gasteiger partial charge in [-0.1, -0.05) is 75.2 Å². The summed E-state index contributed by atoms with van der Waals surface area (Å²) in [4.78, 5) is 30.9. The fourth-order valence-corrected chi connectivity index (χ4v) is 12.1. The lowest BCUT2D eigenvalue weighted by molar-refractivity contribution is -0.318. The van der Waals surface area contributed by atoms with Crippen molar-refractivity contribution in [3.05, 3.63) is 60.3 Å². The summed E-state index contributed by atoms with van der Waals surface area (Å²) < 4.78 is 40.3. The predicted octanol–water partition coefficient (Wildman–Crippen LogP) is 5.90. The van der Waals surface area contributed by atoms with Gasteiger partial charge < -0.3 is 69.9 Å². The summed E-state index contributed by atoms with van der Waals surface area (Å²) >= 11 is 0. The number of aryl methyl sites for hydroxylation is 1. The number of nitrogens with one attached hydrogen (secondary N) is 1. The first-order chi connectivity index (χ1) is 37.2. The summed E-state index contributed by atoms with van der Waals surface area (Å²) in [5.74, 6) is -2.84. The van der Waals surface area contributed by atoms with Crippen molar-refractivity contribution >= 4 is 23.3 Å². The highest BCUT2D eigenvalue weighted by Gasteiger charge is 2.53. The molecule has 20 nitrogen and oxygen atoms in total. The maximum Gasteiger partial charge on any atom is 0.311 e. The van der Waals surface area contributed by atoms with Gasteiger partial charge in [-0.3, -0.25) is 19.2 Å². The molecule has 0 unspecified atom stereocenters. The molecule has 6 rings (SSSR count). The molecule has 4 heterocycles. The summed E-state index contributed by atoms with van der Waals surface area (Å²) in [6.45, 7) is 19.2. The Balaban J connectivity index is 1.16. The van der Waals surface area contributed by atoms with Crippen LogP contribution in [0.15, 0.2) is 54.7 Å². The molecule has 0 spiro atoms. The van der Waals surface area contributed by atoms with Gasteiger partial charge in [0, 0.05) is 63.2 Å². The number of ether oxygens (including phenoxy) is 6. The minimum atomic E-state index is -1.84. The van der Waals surface area contributed by atoms with Crippen molar-refractivity contribution in [2.24, 2.45) is 17.8 Å². The molecule has 2 aromatic carbocycles. The van der Waals surface area contributed by atoms with Gasteiger partial charge in [-0.2, -0.15) is 0 Å². The van der Waals surface area contributed by atoms with Gasteiger partial charge in [0.1, 0.15) is 35.7 Å². The summed E-state index contributed by atoms with van der Waals surface area (Å²) in [6.07, 6.45) is -3.20. The molecule has 0 saturated carbocycles. The lowest BCUT2D eigenvalue weighted by Crippen LogP contribution is -2.60. The van der Waals surface area contributed by atoms with Crippen LogP contribution in [0.2, 0.25) is 0 Å². The zero-order valence-corrected chi connectivity index (χ0v) is 49.2. The molecular weight excluding hydrogens is 1010 g/mol.